The fourth-order valence-corrected chi connectivity index (χ4v) is 1.56. The molecule has 5 heteroatoms. The predicted octanol–water partition coefficient (Wildman–Crippen LogP) is 1.62. The molecule has 0 rings (SSSR count). The molecule has 0 bridgehead atoms. The molecule has 4 N–H and O–H groups in total. The monoisotopic (exact) mass is 257 g/mol. The maximum absolute atomic E-state index is 11.5. The van der Waals surface area contributed by atoms with Gasteiger partial charge in [0.1, 0.15) is 0 Å². The zero-order valence-corrected chi connectivity index (χ0v) is 11.8. The lowest BCUT2D eigenvalue weighted by atomic mass is 10.1. The summed E-state index contributed by atoms with van der Waals surface area (Å²) in [4.78, 5) is 21.9. The van der Waals surface area contributed by atoms with Crippen LogP contribution < -0.4 is 16.4 Å². The highest BCUT2D eigenvalue weighted by Crippen LogP contribution is 2.05. The second kappa shape index (κ2) is 9.74. The topological polar surface area (TPSA) is 84.2 Å². The Morgan fingerprint density at radius 3 is 2.33 bits per heavy atom. The molecule has 5 nitrogen and oxygen atoms in total. The van der Waals surface area contributed by atoms with Gasteiger partial charge in [-0.25, -0.2) is 4.79 Å². The van der Waals surface area contributed by atoms with E-state index in [-0.39, 0.29) is 5.91 Å². The second-order valence-electron chi connectivity index (χ2n) is 5.28. The summed E-state index contributed by atoms with van der Waals surface area (Å²) in [6.07, 6.45) is 3.38. The number of hydrogen-bond acceptors (Lipinski definition) is 2. The van der Waals surface area contributed by atoms with Crippen molar-refractivity contribution in [1.29, 1.82) is 0 Å². The first-order valence-corrected chi connectivity index (χ1v) is 6.71. The van der Waals surface area contributed by atoms with Gasteiger partial charge >= 0.3 is 6.03 Å². The summed E-state index contributed by atoms with van der Waals surface area (Å²) in [5, 5.41) is 5.49. The summed E-state index contributed by atoms with van der Waals surface area (Å²) < 4.78 is 0. The van der Waals surface area contributed by atoms with Gasteiger partial charge in [0.15, 0.2) is 0 Å². The molecule has 0 aliphatic heterocycles. The predicted molar refractivity (Wildman–Crippen MR) is 73.1 cm³/mol. The highest BCUT2D eigenvalue weighted by molar-refractivity contribution is 5.75. The minimum absolute atomic E-state index is 0.130. The first-order valence-electron chi connectivity index (χ1n) is 6.71. The van der Waals surface area contributed by atoms with Crippen LogP contribution in [0.4, 0.5) is 4.79 Å². The van der Waals surface area contributed by atoms with Gasteiger partial charge in [0.2, 0.25) is 5.91 Å². The molecule has 0 fully saturated rings. The molecular weight excluding hydrogens is 230 g/mol. The molecular formula is C13H27N3O2. The third kappa shape index (κ3) is 11.2. The smallest absolute Gasteiger partial charge is 0.312 e. The second-order valence-corrected chi connectivity index (χ2v) is 5.28. The summed E-state index contributed by atoms with van der Waals surface area (Å²) in [5.74, 6) is 1.11. The minimum Gasteiger partial charge on any atom is -0.356 e. The fourth-order valence-electron chi connectivity index (χ4n) is 1.56. The average Bonchev–Trinajstić information content (AvgIpc) is 2.29. The van der Waals surface area contributed by atoms with Gasteiger partial charge in [0.05, 0.1) is 0 Å². The van der Waals surface area contributed by atoms with Crippen LogP contribution in [0.2, 0.25) is 0 Å². The number of carbonyl (C=O) groups is 2. The number of rotatable bonds is 9. The normalized spacial score (nSPS) is 12.2. The van der Waals surface area contributed by atoms with Gasteiger partial charge in [-0.2, -0.15) is 0 Å². The van der Waals surface area contributed by atoms with E-state index in [4.69, 9.17) is 5.73 Å². The first kappa shape index (κ1) is 16.7. The highest BCUT2D eigenvalue weighted by atomic mass is 16.2. The van der Waals surface area contributed by atoms with Crippen LogP contribution in [0.3, 0.4) is 0 Å². The van der Waals surface area contributed by atoms with Crippen molar-refractivity contribution < 1.29 is 9.59 Å². The summed E-state index contributed by atoms with van der Waals surface area (Å²) in [5.41, 5.74) is 4.96. The largest absolute Gasteiger partial charge is 0.356 e. The molecule has 106 valence electrons. The molecule has 0 aromatic carbocycles. The zero-order chi connectivity index (χ0) is 14.0. The number of amides is 3. The maximum atomic E-state index is 11.5. The van der Waals surface area contributed by atoms with Crippen LogP contribution in [0.5, 0.6) is 0 Å². The van der Waals surface area contributed by atoms with E-state index in [1.807, 2.05) is 0 Å². The van der Waals surface area contributed by atoms with Crippen molar-refractivity contribution in [3.05, 3.63) is 0 Å². The number of urea groups is 1. The number of nitrogens with two attached hydrogens (primary N) is 1. The van der Waals surface area contributed by atoms with Crippen molar-refractivity contribution in [1.82, 2.24) is 10.6 Å². The molecule has 0 saturated carbocycles. The Kier molecular flexibility index (Phi) is 9.06. The summed E-state index contributed by atoms with van der Waals surface area (Å²) in [6, 6.07) is -0.482. The summed E-state index contributed by atoms with van der Waals surface area (Å²) >= 11 is 0. The van der Waals surface area contributed by atoms with Gasteiger partial charge in [-0.3, -0.25) is 4.79 Å². The van der Waals surface area contributed by atoms with Crippen molar-refractivity contribution in [2.24, 2.45) is 17.6 Å². The van der Waals surface area contributed by atoms with Crippen molar-refractivity contribution >= 4 is 11.9 Å². The van der Waals surface area contributed by atoms with Crippen LogP contribution in [0.1, 0.15) is 46.5 Å². The third-order valence-corrected chi connectivity index (χ3v) is 2.77. The number of hydrogen-bond donors (Lipinski definition) is 3. The Balaban J connectivity index is 3.48. The van der Waals surface area contributed by atoms with Gasteiger partial charge in [-0.15, -0.1) is 0 Å². The molecule has 3 amide bonds. The standard InChI is InChI=1S/C13H27N3O2/c1-10(2)6-7-12(17)16-9-11(3)5-4-8-15-13(14)18/h10-11H,4-9H2,1-3H3,(H,16,17)(H3,14,15,18). The van der Waals surface area contributed by atoms with Gasteiger partial charge in [-0.05, 0) is 31.1 Å². The van der Waals surface area contributed by atoms with E-state index in [2.05, 4.69) is 31.4 Å². The Morgan fingerprint density at radius 2 is 1.78 bits per heavy atom. The SMILES string of the molecule is CC(C)CCC(=O)NCC(C)CCCNC(N)=O. The fraction of sp³-hybridized carbons (Fsp3) is 0.846. The van der Waals surface area contributed by atoms with Crippen LogP contribution in [-0.4, -0.2) is 25.0 Å². The molecule has 0 saturated heterocycles. The van der Waals surface area contributed by atoms with E-state index in [1.54, 1.807) is 0 Å². The van der Waals surface area contributed by atoms with E-state index in [1.165, 1.54) is 0 Å². The van der Waals surface area contributed by atoms with Crippen LogP contribution in [0.15, 0.2) is 0 Å². The van der Waals surface area contributed by atoms with Gasteiger partial charge in [-0.1, -0.05) is 20.8 Å². The molecule has 1 unspecified atom stereocenters. The average molecular weight is 257 g/mol. The Morgan fingerprint density at radius 1 is 1.11 bits per heavy atom. The van der Waals surface area contributed by atoms with Crippen molar-refractivity contribution in [3.8, 4) is 0 Å². The Hall–Kier alpha value is -1.26. The van der Waals surface area contributed by atoms with Crippen LogP contribution in [-0.2, 0) is 4.79 Å². The van der Waals surface area contributed by atoms with E-state index < -0.39 is 6.03 Å². The lowest BCUT2D eigenvalue weighted by molar-refractivity contribution is -0.121. The quantitative estimate of drug-likeness (QED) is 0.548. The van der Waals surface area contributed by atoms with E-state index in [9.17, 15) is 9.59 Å². The van der Waals surface area contributed by atoms with Crippen LogP contribution >= 0.6 is 0 Å². The van der Waals surface area contributed by atoms with Crippen LogP contribution in [0.25, 0.3) is 0 Å². The van der Waals surface area contributed by atoms with Crippen LogP contribution in [0, 0.1) is 11.8 Å². The van der Waals surface area contributed by atoms with E-state index in [0.717, 1.165) is 19.3 Å². The molecule has 0 aromatic rings. The van der Waals surface area contributed by atoms with Crippen molar-refractivity contribution in [2.45, 2.75) is 46.5 Å². The molecule has 18 heavy (non-hydrogen) atoms. The van der Waals surface area contributed by atoms with Crippen molar-refractivity contribution in [3.63, 3.8) is 0 Å². The minimum atomic E-state index is -0.482. The molecule has 0 spiro atoms. The van der Waals surface area contributed by atoms with Crippen molar-refractivity contribution in [2.75, 3.05) is 13.1 Å². The van der Waals surface area contributed by atoms with E-state index in [0.29, 0.717) is 31.3 Å². The molecule has 0 aliphatic rings. The zero-order valence-electron chi connectivity index (χ0n) is 11.8. The van der Waals surface area contributed by atoms with Gasteiger partial charge in [0.25, 0.3) is 0 Å². The lowest BCUT2D eigenvalue weighted by Gasteiger charge is -2.13. The molecule has 1 atom stereocenters. The van der Waals surface area contributed by atoms with Gasteiger partial charge < -0.3 is 16.4 Å². The maximum Gasteiger partial charge on any atom is 0.312 e. The number of nitrogens with one attached hydrogen (secondary N) is 2. The summed E-state index contributed by atoms with van der Waals surface area (Å²) in [6.45, 7) is 7.62. The Bertz CT molecular complexity index is 255. The third-order valence-electron chi connectivity index (χ3n) is 2.77. The highest BCUT2D eigenvalue weighted by Gasteiger charge is 2.06. The molecule has 0 radical (unpaired) electrons. The van der Waals surface area contributed by atoms with Gasteiger partial charge in [0, 0.05) is 19.5 Å². The number of carbonyl (C=O) groups excluding carboxylic acids is 2. The van der Waals surface area contributed by atoms with E-state index >= 15 is 0 Å². The Labute approximate surface area is 110 Å². The molecule has 0 aliphatic carbocycles. The first-order chi connectivity index (χ1) is 8.41. The lowest BCUT2D eigenvalue weighted by Crippen LogP contribution is -2.31. The number of primary amides is 1. The molecule has 0 heterocycles. The summed E-state index contributed by atoms with van der Waals surface area (Å²) in [7, 11) is 0. The molecule has 0 aromatic heterocycles.